The lowest BCUT2D eigenvalue weighted by atomic mass is 9.96. The molecule has 0 bridgehead atoms. The zero-order valence-electron chi connectivity index (χ0n) is 15.0. The van der Waals surface area contributed by atoms with Crippen LogP contribution in [0.5, 0.6) is 0 Å². The summed E-state index contributed by atoms with van der Waals surface area (Å²) in [6.07, 6.45) is 1.63. The van der Waals surface area contributed by atoms with Gasteiger partial charge in [0.2, 0.25) is 5.91 Å². The number of hydrogen-bond donors (Lipinski definition) is 2. The summed E-state index contributed by atoms with van der Waals surface area (Å²) in [6, 6.07) is 3.38. The molecule has 2 atom stereocenters. The number of primary amides is 1. The summed E-state index contributed by atoms with van der Waals surface area (Å²) >= 11 is 0. The molecule has 3 N–H and O–H groups in total. The van der Waals surface area contributed by atoms with E-state index in [0.29, 0.717) is 11.5 Å². The van der Waals surface area contributed by atoms with Crippen LogP contribution in [0.2, 0.25) is 0 Å². The summed E-state index contributed by atoms with van der Waals surface area (Å²) < 4.78 is 0. The van der Waals surface area contributed by atoms with Crippen molar-refractivity contribution in [2.45, 2.75) is 6.92 Å². The molecule has 1 aromatic heterocycles. The lowest BCUT2D eigenvalue weighted by Crippen LogP contribution is -2.48. The Bertz CT molecular complexity index is 589. The van der Waals surface area contributed by atoms with Gasteiger partial charge in [0.25, 0.3) is 0 Å². The van der Waals surface area contributed by atoms with E-state index in [9.17, 15) is 9.90 Å². The Morgan fingerprint density at radius 2 is 1.92 bits per heavy atom. The number of carbonyl (C=O) groups excluding carboxylic acids is 1. The quantitative estimate of drug-likeness (QED) is 0.745. The number of aromatic nitrogens is 1. The number of carbonyl (C=O) groups is 1. The van der Waals surface area contributed by atoms with Crippen molar-refractivity contribution in [3.05, 3.63) is 23.9 Å². The minimum absolute atomic E-state index is 0.186. The van der Waals surface area contributed by atoms with Crippen molar-refractivity contribution in [1.82, 2.24) is 14.8 Å². The van der Waals surface area contributed by atoms with E-state index >= 15 is 0 Å². The average molecular weight is 347 g/mol. The van der Waals surface area contributed by atoms with Crippen LogP contribution in [-0.2, 0) is 0 Å². The standard InChI is InChI=1S/C18H29N5O2/c1-2-21-5-7-22(8-6-21)10-15-11-23(12-16(15)13-24)17-9-14(18(19)25)3-4-20-17/h3-4,9,15-16,24H,2,5-8,10-13H2,1H3,(H2,19,25)/t15-,16-/m1/s1. The van der Waals surface area contributed by atoms with Crippen molar-refractivity contribution in [2.24, 2.45) is 17.6 Å². The van der Waals surface area contributed by atoms with Crippen molar-refractivity contribution in [1.29, 1.82) is 0 Å². The molecule has 3 rings (SSSR count). The third-order valence-electron chi connectivity index (χ3n) is 5.57. The number of rotatable bonds is 6. The monoisotopic (exact) mass is 347 g/mol. The lowest BCUT2D eigenvalue weighted by molar-refractivity contribution is 0.1000. The fourth-order valence-electron chi connectivity index (χ4n) is 3.90. The maximum Gasteiger partial charge on any atom is 0.248 e. The highest BCUT2D eigenvalue weighted by Gasteiger charge is 2.34. The van der Waals surface area contributed by atoms with E-state index in [-0.39, 0.29) is 12.5 Å². The predicted octanol–water partition coefficient (Wildman–Crippen LogP) is -0.137. The topological polar surface area (TPSA) is 85.9 Å². The molecule has 0 radical (unpaired) electrons. The number of likely N-dealkylation sites (N-methyl/N-ethyl adjacent to an activating group) is 1. The molecular formula is C18H29N5O2. The summed E-state index contributed by atoms with van der Waals surface area (Å²) in [5.41, 5.74) is 5.85. The van der Waals surface area contributed by atoms with Gasteiger partial charge in [-0.3, -0.25) is 4.79 Å². The third-order valence-corrected chi connectivity index (χ3v) is 5.57. The molecule has 2 aliphatic rings. The molecule has 0 spiro atoms. The number of aliphatic hydroxyl groups is 1. The highest BCUT2D eigenvalue weighted by Crippen LogP contribution is 2.28. The molecule has 0 aliphatic carbocycles. The van der Waals surface area contributed by atoms with Crippen LogP contribution in [0.1, 0.15) is 17.3 Å². The van der Waals surface area contributed by atoms with Crippen LogP contribution < -0.4 is 10.6 Å². The number of aliphatic hydroxyl groups excluding tert-OH is 1. The Kier molecular flexibility index (Phi) is 5.88. The van der Waals surface area contributed by atoms with E-state index in [0.717, 1.165) is 58.2 Å². The minimum Gasteiger partial charge on any atom is -0.396 e. The molecule has 1 amide bonds. The molecule has 2 fully saturated rings. The minimum atomic E-state index is -0.438. The number of pyridine rings is 1. The molecule has 3 heterocycles. The first-order valence-corrected chi connectivity index (χ1v) is 9.17. The number of amides is 1. The van der Waals surface area contributed by atoms with Gasteiger partial charge in [0.15, 0.2) is 0 Å². The second kappa shape index (κ2) is 8.12. The van der Waals surface area contributed by atoms with Gasteiger partial charge in [0.1, 0.15) is 5.82 Å². The summed E-state index contributed by atoms with van der Waals surface area (Å²) in [5, 5.41) is 9.81. The molecule has 0 saturated carbocycles. The van der Waals surface area contributed by atoms with Crippen LogP contribution in [-0.4, -0.2) is 84.8 Å². The fourth-order valence-corrected chi connectivity index (χ4v) is 3.90. The zero-order valence-corrected chi connectivity index (χ0v) is 15.0. The van der Waals surface area contributed by atoms with Crippen LogP contribution in [0, 0.1) is 11.8 Å². The number of piperazine rings is 1. The average Bonchev–Trinajstić information content (AvgIpc) is 3.05. The van der Waals surface area contributed by atoms with E-state index in [1.54, 1.807) is 18.3 Å². The van der Waals surface area contributed by atoms with E-state index in [1.165, 1.54) is 0 Å². The molecule has 7 heteroatoms. The normalized spacial score (nSPS) is 25.4. The zero-order chi connectivity index (χ0) is 17.8. The highest BCUT2D eigenvalue weighted by atomic mass is 16.3. The SMILES string of the molecule is CCN1CCN(C[C@@H]2CN(c3cc(C(N)=O)ccn3)C[C@@H]2CO)CC1. The molecule has 0 aromatic carbocycles. The summed E-state index contributed by atoms with van der Waals surface area (Å²) in [4.78, 5) is 22.9. The van der Waals surface area contributed by atoms with Gasteiger partial charge in [-0.15, -0.1) is 0 Å². The Hall–Kier alpha value is -1.70. The Balaban J connectivity index is 1.62. The smallest absolute Gasteiger partial charge is 0.248 e. The lowest BCUT2D eigenvalue weighted by Gasteiger charge is -2.36. The van der Waals surface area contributed by atoms with Gasteiger partial charge >= 0.3 is 0 Å². The second-order valence-corrected chi connectivity index (χ2v) is 7.11. The van der Waals surface area contributed by atoms with Crippen LogP contribution in [0.15, 0.2) is 18.3 Å². The maximum atomic E-state index is 11.4. The molecule has 2 saturated heterocycles. The van der Waals surface area contributed by atoms with Crippen LogP contribution >= 0.6 is 0 Å². The first kappa shape index (κ1) is 18.1. The second-order valence-electron chi connectivity index (χ2n) is 7.11. The molecule has 25 heavy (non-hydrogen) atoms. The van der Waals surface area contributed by atoms with E-state index in [2.05, 4.69) is 26.6 Å². The first-order valence-electron chi connectivity index (χ1n) is 9.17. The third kappa shape index (κ3) is 4.29. The Morgan fingerprint density at radius 3 is 2.56 bits per heavy atom. The summed E-state index contributed by atoms with van der Waals surface area (Å²) in [5.74, 6) is 0.986. The molecule has 0 unspecified atom stereocenters. The van der Waals surface area contributed by atoms with Crippen molar-refractivity contribution in [2.75, 3.05) is 63.9 Å². The first-order chi connectivity index (χ1) is 12.1. The number of nitrogens with two attached hydrogens (primary N) is 1. The van der Waals surface area contributed by atoms with Crippen LogP contribution in [0.25, 0.3) is 0 Å². The van der Waals surface area contributed by atoms with Crippen LogP contribution in [0.3, 0.4) is 0 Å². The summed E-state index contributed by atoms with van der Waals surface area (Å²) in [6.45, 7) is 10.6. The Labute approximate surface area is 149 Å². The largest absolute Gasteiger partial charge is 0.396 e. The van der Waals surface area contributed by atoms with E-state index < -0.39 is 5.91 Å². The van der Waals surface area contributed by atoms with Gasteiger partial charge in [-0.05, 0) is 24.6 Å². The molecule has 7 nitrogen and oxygen atoms in total. The van der Waals surface area contributed by atoms with Crippen molar-refractivity contribution in [3.8, 4) is 0 Å². The highest BCUT2D eigenvalue weighted by molar-refractivity contribution is 5.93. The van der Waals surface area contributed by atoms with Gasteiger partial charge in [0, 0.05) is 70.1 Å². The van der Waals surface area contributed by atoms with Gasteiger partial charge < -0.3 is 25.5 Å². The molecular weight excluding hydrogens is 318 g/mol. The van der Waals surface area contributed by atoms with E-state index in [1.807, 2.05) is 0 Å². The van der Waals surface area contributed by atoms with Gasteiger partial charge in [-0.1, -0.05) is 6.92 Å². The maximum absolute atomic E-state index is 11.4. The molecule has 1 aromatic rings. The fraction of sp³-hybridized carbons (Fsp3) is 0.667. The van der Waals surface area contributed by atoms with Gasteiger partial charge in [-0.25, -0.2) is 4.98 Å². The number of hydrogen-bond acceptors (Lipinski definition) is 6. The van der Waals surface area contributed by atoms with Crippen molar-refractivity contribution in [3.63, 3.8) is 0 Å². The number of nitrogens with zero attached hydrogens (tertiary/aromatic N) is 4. The predicted molar refractivity (Wildman–Crippen MR) is 97.6 cm³/mol. The Morgan fingerprint density at radius 1 is 1.24 bits per heavy atom. The molecule has 2 aliphatic heterocycles. The van der Waals surface area contributed by atoms with Gasteiger partial charge in [-0.2, -0.15) is 0 Å². The van der Waals surface area contributed by atoms with E-state index in [4.69, 9.17) is 5.73 Å². The van der Waals surface area contributed by atoms with Gasteiger partial charge in [0.05, 0.1) is 0 Å². The number of anilines is 1. The summed E-state index contributed by atoms with van der Waals surface area (Å²) in [7, 11) is 0. The van der Waals surface area contributed by atoms with Crippen LogP contribution in [0.4, 0.5) is 5.82 Å². The van der Waals surface area contributed by atoms with Crippen molar-refractivity contribution >= 4 is 11.7 Å². The molecule has 138 valence electrons. The van der Waals surface area contributed by atoms with Crippen molar-refractivity contribution < 1.29 is 9.90 Å².